The van der Waals surface area contributed by atoms with Crippen molar-refractivity contribution in [2.45, 2.75) is 18.8 Å². The number of halogens is 4. The number of benzene rings is 1. The van der Waals surface area contributed by atoms with E-state index in [0.717, 1.165) is 0 Å². The Balaban J connectivity index is 2.51. The fourth-order valence-electron chi connectivity index (χ4n) is 1.19. The number of phenols is 1. The molecule has 0 atom stereocenters. The Labute approximate surface area is 100 Å². The van der Waals surface area contributed by atoms with Crippen molar-refractivity contribution in [2.24, 2.45) is 0 Å². The average Bonchev–Trinajstić information content (AvgIpc) is 2.29. The van der Waals surface area contributed by atoms with Crippen molar-refractivity contribution in [3.63, 3.8) is 0 Å². The van der Waals surface area contributed by atoms with Crippen LogP contribution in [0.1, 0.15) is 5.56 Å². The molecule has 0 fully saturated rings. The molecule has 0 saturated carbocycles. The van der Waals surface area contributed by atoms with Crippen LogP contribution in [0.15, 0.2) is 24.3 Å². The Hall–Kier alpha value is -1.79. The molecule has 1 amide bonds. The number of hydrogen-bond acceptors (Lipinski definition) is 2. The van der Waals surface area contributed by atoms with E-state index < -0.39 is 24.8 Å². The van der Waals surface area contributed by atoms with Crippen molar-refractivity contribution in [1.29, 1.82) is 0 Å². The zero-order valence-electron chi connectivity index (χ0n) is 9.17. The molecule has 1 rings (SSSR count). The van der Waals surface area contributed by atoms with Crippen LogP contribution < -0.4 is 5.32 Å². The van der Waals surface area contributed by atoms with Crippen LogP contribution in [0.25, 0.3) is 0 Å². The third-order valence-corrected chi connectivity index (χ3v) is 2.18. The maximum Gasteiger partial charge on any atom is 0.324 e. The fourth-order valence-corrected chi connectivity index (χ4v) is 1.19. The molecule has 1 aromatic rings. The van der Waals surface area contributed by atoms with E-state index in [0.29, 0.717) is 0 Å². The number of phenolic OH excluding ortho intramolecular Hbond substituents is 1. The largest absolute Gasteiger partial charge is 0.508 e. The van der Waals surface area contributed by atoms with E-state index in [-0.39, 0.29) is 17.7 Å². The number of rotatable bonds is 5. The molecule has 0 aliphatic carbocycles. The van der Waals surface area contributed by atoms with E-state index in [1.165, 1.54) is 18.2 Å². The van der Waals surface area contributed by atoms with Crippen molar-refractivity contribution in [2.75, 3.05) is 6.54 Å². The molecule has 2 N–H and O–H groups in total. The fraction of sp³-hybridized carbons (Fsp3) is 0.364. The first-order chi connectivity index (χ1) is 8.33. The molecule has 0 saturated heterocycles. The minimum atomic E-state index is -4.26. The quantitative estimate of drug-likeness (QED) is 0.799. The monoisotopic (exact) mass is 265 g/mol. The number of amides is 1. The van der Waals surface area contributed by atoms with E-state index in [2.05, 4.69) is 0 Å². The number of nitrogens with one attached hydrogen (secondary N) is 1. The van der Waals surface area contributed by atoms with Crippen molar-refractivity contribution < 1.29 is 27.5 Å². The highest BCUT2D eigenvalue weighted by atomic mass is 19.3. The molecule has 0 bridgehead atoms. The minimum Gasteiger partial charge on any atom is -0.508 e. The van der Waals surface area contributed by atoms with Gasteiger partial charge in [-0.2, -0.15) is 8.78 Å². The second-order valence-corrected chi connectivity index (χ2v) is 3.64. The Kier molecular flexibility index (Phi) is 4.52. The Morgan fingerprint density at radius 2 is 1.94 bits per heavy atom. The van der Waals surface area contributed by atoms with Gasteiger partial charge in [0.2, 0.25) is 5.91 Å². The summed E-state index contributed by atoms with van der Waals surface area (Å²) in [5, 5.41) is 11.0. The van der Waals surface area contributed by atoms with Gasteiger partial charge >= 0.3 is 12.3 Å². The predicted molar refractivity (Wildman–Crippen MR) is 55.8 cm³/mol. The van der Waals surface area contributed by atoms with Gasteiger partial charge in [0.25, 0.3) is 0 Å². The van der Waals surface area contributed by atoms with Gasteiger partial charge < -0.3 is 10.4 Å². The molecule has 0 spiro atoms. The summed E-state index contributed by atoms with van der Waals surface area (Å²) in [6.07, 6.45) is -4.19. The van der Waals surface area contributed by atoms with Crippen LogP contribution in [0.4, 0.5) is 17.6 Å². The highest BCUT2D eigenvalue weighted by Gasteiger charge is 2.40. The van der Waals surface area contributed by atoms with Crippen molar-refractivity contribution in [3.8, 4) is 5.75 Å². The molecule has 7 heteroatoms. The Morgan fingerprint density at radius 3 is 2.50 bits per heavy atom. The highest BCUT2D eigenvalue weighted by Crippen LogP contribution is 2.21. The number of carbonyl (C=O) groups excluding carboxylic acids is 1. The van der Waals surface area contributed by atoms with Gasteiger partial charge in [-0.3, -0.25) is 4.79 Å². The molecule has 0 aliphatic heterocycles. The van der Waals surface area contributed by atoms with E-state index in [1.807, 2.05) is 0 Å². The lowest BCUT2D eigenvalue weighted by molar-refractivity contribution is -0.136. The second kappa shape index (κ2) is 5.70. The molecule has 100 valence electrons. The summed E-state index contributed by atoms with van der Waals surface area (Å²) in [5.74, 6) is -5.28. The van der Waals surface area contributed by atoms with Gasteiger partial charge in [0.15, 0.2) is 0 Å². The topological polar surface area (TPSA) is 49.3 Å². The number of aromatic hydroxyl groups is 1. The molecular weight excluding hydrogens is 254 g/mol. The summed E-state index contributed by atoms with van der Waals surface area (Å²) >= 11 is 0. The standard InChI is InChI=1S/C11H11F4NO2/c12-10(13)11(14,15)6-16-9(18)5-7-3-1-2-4-8(7)17/h1-4,10,17H,5-6H2,(H,16,18). The SMILES string of the molecule is O=C(Cc1ccccc1O)NCC(F)(F)C(F)F. The Morgan fingerprint density at radius 1 is 1.33 bits per heavy atom. The van der Waals surface area contributed by atoms with Crippen LogP contribution in [-0.4, -0.2) is 29.9 Å². The lowest BCUT2D eigenvalue weighted by atomic mass is 10.1. The number of carbonyl (C=O) groups is 1. The number of alkyl halides is 4. The highest BCUT2D eigenvalue weighted by molar-refractivity contribution is 5.79. The summed E-state index contributed by atoms with van der Waals surface area (Å²) in [4.78, 5) is 11.2. The van der Waals surface area contributed by atoms with Gasteiger partial charge in [-0.15, -0.1) is 0 Å². The lowest BCUT2D eigenvalue weighted by Crippen LogP contribution is -2.41. The molecule has 18 heavy (non-hydrogen) atoms. The van der Waals surface area contributed by atoms with Crippen molar-refractivity contribution in [3.05, 3.63) is 29.8 Å². The first-order valence-electron chi connectivity index (χ1n) is 5.02. The summed E-state index contributed by atoms with van der Waals surface area (Å²) < 4.78 is 48.6. The maximum absolute atomic E-state index is 12.5. The van der Waals surface area contributed by atoms with Gasteiger partial charge in [0, 0.05) is 5.56 Å². The summed E-state index contributed by atoms with van der Waals surface area (Å²) in [6.45, 7) is -1.43. The zero-order chi connectivity index (χ0) is 13.8. The first kappa shape index (κ1) is 14.3. The molecule has 0 radical (unpaired) electrons. The van der Waals surface area contributed by atoms with Gasteiger partial charge in [0.1, 0.15) is 5.75 Å². The molecule has 0 aliphatic rings. The Bertz CT molecular complexity index is 423. The average molecular weight is 265 g/mol. The third-order valence-electron chi connectivity index (χ3n) is 2.18. The minimum absolute atomic E-state index is 0.159. The van der Waals surface area contributed by atoms with Crippen LogP contribution in [-0.2, 0) is 11.2 Å². The van der Waals surface area contributed by atoms with E-state index in [4.69, 9.17) is 0 Å². The van der Waals surface area contributed by atoms with Crippen molar-refractivity contribution in [1.82, 2.24) is 5.32 Å². The maximum atomic E-state index is 12.5. The van der Waals surface area contributed by atoms with Gasteiger partial charge in [-0.1, -0.05) is 18.2 Å². The van der Waals surface area contributed by atoms with Crippen LogP contribution >= 0.6 is 0 Å². The molecule has 0 aromatic heterocycles. The van der Waals surface area contributed by atoms with Crippen LogP contribution in [0.5, 0.6) is 5.75 Å². The van der Waals surface area contributed by atoms with Gasteiger partial charge in [-0.25, -0.2) is 8.78 Å². The van der Waals surface area contributed by atoms with Gasteiger partial charge in [-0.05, 0) is 6.07 Å². The summed E-state index contributed by atoms with van der Waals surface area (Å²) in [6, 6.07) is 5.84. The third kappa shape index (κ3) is 3.90. The van der Waals surface area contributed by atoms with Crippen molar-refractivity contribution >= 4 is 5.91 Å². The van der Waals surface area contributed by atoms with E-state index >= 15 is 0 Å². The molecule has 1 aromatic carbocycles. The normalized spacial score (nSPS) is 11.6. The van der Waals surface area contributed by atoms with Crippen LogP contribution in [0, 0.1) is 0 Å². The molecule has 3 nitrogen and oxygen atoms in total. The summed E-state index contributed by atoms with van der Waals surface area (Å²) in [7, 11) is 0. The number of para-hydroxylation sites is 1. The smallest absolute Gasteiger partial charge is 0.324 e. The predicted octanol–water partition coefficient (Wildman–Crippen LogP) is 1.95. The van der Waals surface area contributed by atoms with E-state index in [1.54, 1.807) is 11.4 Å². The number of hydrogen-bond donors (Lipinski definition) is 2. The molecule has 0 unspecified atom stereocenters. The second-order valence-electron chi connectivity index (χ2n) is 3.64. The zero-order valence-corrected chi connectivity index (χ0v) is 9.17. The molecular formula is C11H11F4NO2. The van der Waals surface area contributed by atoms with E-state index in [9.17, 15) is 27.5 Å². The molecule has 0 heterocycles. The first-order valence-corrected chi connectivity index (χ1v) is 5.02. The summed E-state index contributed by atoms with van der Waals surface area (Å²) in [5.41, 5.74) is 0.232. The van der Waals surface area contributed by atoms with Crippen LogP contribution in [0.3, 0.4) is 0 Å². The lowest BCUT2D eigenvalue weighted by Gasteiger charge is -2.15. The van der Waals surface area contributed by atoms with Crippen LogP contribution in [0.2, 0.25) is 0 Å². The van der Waals surface area contributed by atoms with Gasteiger partial charge in [0.05, 0.1) is 13.0 Å².